The third-order valence-electron chi connectivity index (χ3n) is 5.43. The second-order valence-corrected chi connectivity index (χ2v) is 9.59. The number of morpholine rings is 1. The Morgan fingerprint density at radius 3 is 2.57 bits per heavy atom. The molecule has 2 aliphatic rings. The molecule has 10 nitrogen and oxygen atoms in total. The van der Waals surface area contributed by atoms with Gasteiger partial charge in [0.05, 0.1) is 36.8 Å². The zero-order valence-electron chi connectivity index (χ0n) is 16.2. The first kappa shape index (κ1) is 19.5. The summed E-state index contributed by atoms with van der Waals surface area (Å²) in [7, 11) is -3.64. The first-order valence-corrected chi connectivity index (χ1v) is 11.9. The maximum Gasteiger partial charge on any atom is 0.245 e. The second kappa shape index (κ2) is 8.02. The van der Waals surface area contributed by atoms with Crippen LogP contribution in [-0.4, -0.2) is 84.1 Å². The highest BCUT2D eigenvalue weighted by Crippen LogP contribution is 2.26. The van der Waals surface area contributed by atoms with Crippen molar-refractivity contribution in [1.82, 2.24) is 23.2 Å². The Bertz CT molecular complexity index is 1140. The summed E-state index contributed by atoms with van der Waals surface area (Å²) in [4.78, 5) is 4.52. The van der Waals surface area contributed by atoms with E-state index in [9.17, 15) is 8.42 Å². The summed E-state index contributed by atoms with van der Waals surface area (Å²) in [5, 5.41) is 8.43. The van der Waals surface area contributed by atoms with Gasteiger partial charge in [-0.3, -0.25) is 0 Å². The fourth-order valence-corrected chi connectivity index (χ4v) is 5.96. The molecule has 0 radical (unpaired) electrons. The molecule has 158 valence electrons. The number of piperazine rings is 1. The number of rotatable bonds is 4. The lowest BCUT2D eigenvalue weighted by Gasteiger charge is -2.35. The molecule has 0 bridgehead atoms. The first-order valence-electron chi connectivity index (χ1n) is 9.75. The summed E-state index contributed by atoms with van der Waals surface area (Å²) in [6.45, 7) is 4.91. The Kier molecular flexibility index (Phi) is 5.23. The molecule has 0 N–H and O–H groups in total. The van der Waals surface area contributed by atoms with Crippen molar-refractivity contribution in [3.8, 4) is 0 Å². The van der Waals surface area contributed by atoms with E-state index in [0.717, 1.165) is 36.3 Å². The number of anilines is 2. The van der Waals surface area contributed by atoms with Gasteiger partial charge in [-0.2, -0.15) is 18.2 Å². The molecule has 0 spiro atoms. The highest BCUT2D eigenvalue weighted by atomic mass is 32.2. The predicted octanol–water partition coefficient (Wildman–Crippen LogP) is 0.829. The molecule has 30 heavy (non-hydrogen) atoms. The zero-order chi connectivity index (χ0) is 20.6. The number of hydrogen-bond acceptors (Lipinski definition) is 10. The van der Waals surface area contributed by atoms with Gasteiger partial charge in [-0.15, -0.1) is 5.10 Å². The fourth-order valence-electron chi connectivity index (χ4n) is 3.78. The van der Waals surface area contributed by atoms with Crippen molar-refractivity contribution < 1.29 is 13.2 Å². The summed E-state index contributed by atoms with van der Waals surface area (Å²) in [5.41, 5.74) is 2.06. The molecule has 0 amide bonds. The minimum Gasteiger partial charge on any atom is -0.378 e. The van der Waals surface area contributed by atoms with Crippen LogP contribution in [0.4, 0.5) is 11.5 Å². The second-order valence-electron chi connectivity index (χ2n) is 7.15. The SMILES string of the molecule is O=S(=O)(c1cccc2nsnc12)N1CCN(c2cc(N3CCOCC3)cnn2)CC1. The number of hydrogen-bond donors (Lipinski definition) is 0. The number of benzene rings is 1. The van der Waals surface area contributed by atoms with E-state index in [0.29, 0.717) is 50.4 Å². The summed E-state index contributed by atoms with van der Waals surface area (Å²) in [6.07, 6.45) is 1.76. The predicted molar refractivity (Wildman–Crippen MR) is 113 cm³/mol. The molecule has 2 aromatic heterocycles. The van der Waals surface area contributed by atoms with Gasteiger partial charge in [-0.1, -0.05) is 6.07 Å². The summed E-state index contributed by atoms with van der Waals surface area (Å²) in [6, 6.07) is 7.10. The fraction of sp³-hybridized carbons (Fsp3) is 0.444. The van der Waals surface area contributed by atoms with Gasteiger partial charge in [0.2, 0.25) is 10.0 Å². The number of fused-ring (bicyclic) bond motifs is 1. The van der Waals surface area contributed by atoms with Crippen molar-refractivity contribution in [2.24, 2.45) is 0 Å². The number of sulfonamides is 1. The Morgan fingerprint density at radius 1 is 0.967 bits per heavy atom. The van der Waals surface area contributed by atoms with Crippen molar-refractivity contribution in [1.29, 1.82) is 0 Å². The standard InChI is InChI=1S/C18H21N7O3S2/c26-30(27,16-3-1-2-15-18(16)22-29-21-15)25-6-4-24(5-7-25)17-12-14(13-19-20-17)23-8-10-28-11-9-23/h1-3,12-13H,4-11H2. The molecular weight excluding hydrogens is 426 g/mol. The lowest BCUT2D eigenvalue weighted by molar-refractivity contribution is 0.122. The summed E-state index contributed by atoms with van der Waals surface area (Å²) < 4.78 is 41.7. The van der Waals surface area contributed by atoms with Crippen LogP contribution in [0, 0.1) is 0 Å². The van der Waals surface area contributed by atoms with Gasteiger partial charge in [-0.25, -0.2) is 8.42 Å². The minimum absolute atomic E-state index is 0.219. The smallest absolute Gasteiger partial charge is 0.245 e. The van der Waals surface area contributed by atoms with Crippen LogP contribution < -0.4 is 9.80 Å². The summed E-state index contributed by atoms with van der Waals surface area (Å²) >= 11 is 1.02. The molecule has 1 aromatic carbocycles. The summed E-state index contributed by atoms with van der Waals surface area (Å²) in [5.74, 6) is 0.766. The molecule has 0 aliphatic carbocycles. The van der Waals surface area contributed by atoms with Crippen LogP contribution in [0.2, 0.25) is 0 Å². The topological polar surface area (TPSA) is 105 Å². The zero-order valence-corrected chi connectivity index (χ0v) is 17.8. The lowest BCUT2D eigenvalue weighted by Crippen LogP contribution is -2.49. The Labute approximate surface area is 178 Å². The third kappa shape index (κ3) is 3.60. The molecule has 0 unspecified atom stereocenters. The first-order chi connectivity index (χ1) is 14.6. The van der Waals surface area contributed by atoms with Crippen LogP contribution in [0.25, 0.3) is 11.0 Å². The molecule has 0 saturated carbocycles. The Morgan fingerprint density at radius 2 is 1.77 bits per heavy atom. The molecule has 3 aromatic rings. The monoisotopic (exact) mass is 447 g/mol. The largest absolute Gasteiger partial charge is 0.378 e. The normalized spacial score (nSPS) is 18.8. The quantitative estimate of drug-likeness (QED) is 0.575. The number of nitrogens with zero attached hydrogens (tertiary/aromatic N) is 7. The van der Waals surface area contributed by atoms with Crippen molar-refractivity contribution in [3.05, 3.63) is 30.5 Å². The van der Waals surface area contributed by atoms with Gasteiger partial charge in [0.1, 0.15) is 15.9 Å². The average molecular weight is 448 g/mol. The molecular formula is C18H21N7O3S2. The van der Waals surface area contributed by atoms with Crippen molar-refractivity contribution >= 4 is 44.3 Å². The van der Waals surface area contributed by atoms with Gasteiger partial charge in [0.15, 0.2) is 5.82 Å². The highest BCUT2D eigenvalue weighted by Gasteiger charge is 2.31. The van der Waals surface area contributed by atoms with Crippen LogP contribution in [0.5, 0.6) is 0 Å². The van der Waals surface area contributed by atoms with E-state index in [1.54, 1.807) is 24.4 Å². The minimum atomic E-state index is -3.64. The lowest BCUT2D eigenvalue weighted by atomic mass is 10.3. The Balaban J connectivity index is 1.31. The van der Waals surface area contributed by atoms with E-state index in [4.69, 9.17) is 4.74 Å². The van der Waals surface area contributed by atoms with Gasteiger partial charge in [0.25, 0.3) is 0 Å². The third-order valence-corrected chi connectivity index (χ3v) is 7.91. The number of aromatic nitrogens is 4. The van der Waals surface area contributed by atoms with E-state index >= 15 is 0 Å². The Hall–Kier alpha value is -2.41. The van der Waals surface area contributed by atoms with Crippen molar-refractivity contribution in [2.45, 2.75) is 4.90 Å². The van der Waals surface area contributed by atoms with Gasteiger partial charge in [-0.05, 0) is 12.1 Å². The van der Waals surface area contributed by atoms with Crippen molar-refractivity contribution in [2.75, 3.05) is 62.3 Å². The highest BCUT2D eigenvalue weighted by molar-refractivity contribution is 7.89. The molecule has 2 saturated heterocycles. The van der Waals surface area contributed by atoms with Crippen LogP contribution in [0.3, 0.4) is 0 Å². The molecule has 12 heteroatoms. The van der Waals surface area contributed by atoms with E-state index in [1.807, 2.05) is 6.07 Å². The van der Waals surface area contributed by atoms with Gasteiger partial charge < -0.3 is 14.5 Å². The molecule has 2 aliphatic heterocycles. The molecule has 0 atom stereocenters. The average Bonchev–Trinajstić information content (AvgIpc) is 3.29. The number of ether oxygens (including phenoxy) is 1. The molecule has 5 rings (SSSR count). The maximum atomic E-state index is 13.2. The molecule has 2 fully saturated rings. The van der Waals surface area contributed by atoms with Crippen LogP contribution in [0.1, 0.15) is 0 Å². The van der Waals surface area contributed by atoms with E-state index in [-0.39, 0.29) is 4.90 Å². The van der Waals surface area contributed by atoms with Crippen LogP contribution in [0.15, 0.2) is 35.4 Å². The molecule has 4 heterocycles. The van der Waals surface area contributed by atoms with E-state index < -0.39 is 10.0 Å². The van der Waals surface area contributed by atoms with E-state index in [1.165, 1.54) is 4.31 Å². The van der Waals surface area contributed by atoms with Gasteiger partial charge in [0, 0.05) is 45.3 Å². The van der Waals surface area contributed by atoms with Gasteiger partial charge >= 0.3 is 0 Å². The van der Waals surface area contributed by atoms with Crippen molar-refractivity contribution in [3.63, 3.8) is 0 Å². The van der Waals surface area contributed by atoms with E-state index in [2.05, 4.69) is 28.7 Å². The van der Waals surface area contributed by atoms with Crippen LogP contribution in [-0.2, 0) is 14.8 Å². The maximum absolute atomic E-state index is 13.2. The van der Waals surface area contributed by atoms with Crippen LogP contribution >= 0.6 is 11.7 Å².